The highest BCUT2D eigenvalue weighted by Crippen LogP contribution is 2.37. The molecule has 0 aromatic heterocycles. The first kappa shape index (κ1) is 19.2. The fourth-order valence-electron chi connectivity index (χ4n) is 3.39. The minimum atomic E-state index is -3.91. The quantitative estimate of drug-likeness (QED) is 0.548. The first-order chi connectivity index (χ1) is 12.7. The standard InChI is InChI=1S/C23H24O3S/c1-15-6-9-20(10-7-15)27(24,25)26-22-11-8-16(2)14-21(22)23-18(4)12-17(3)13-19(23)5/h6-14H,1-5H3. The first-order valence-electron chi connectivity index (χ1n) is 8.87. The van der Waals surface area contributed by atoms with E-state index in [9.17, 15) is 8.42 Å². The van der Waals surface area contributed by atoms with E-state index in [-0.39, 0.29) is 4.90 Å². The van der Waals surface area contributed by atoms with E-state index in [0.717, 1.165) is 33.4 Å². The molecule has 0 fully saturated rings. The molecule has 0 amide bonds. The Morgan fingerprint density at radius 1 is 0.667 bits per heavy atom. The molecule has 0 aliphatic heterocycles. The van der Waals surface area contributed by atoms with Crippen molar-refractivity contribution in [3.63, 3.8) is 0 Å². The van der Waals surface area contributed by atoms with E-state index in [4.69, 9.17) is 4.18 Å². The largest absolute Gasteiger partial charge is 0.378 e. The van der Waals surface area contributed by atoms with Gasteiger partial charge in [0.05, 0.1) is 0 Å². The Labute approximate surface area is 161 Å². The Morgan fingerprint density at radius 2 is 1.22 bits per heavy atom. The number of hydrogen-bond acceptors (Lipinski definition) is 3. The van der Waals surface area contributed by atoms with E-state index < -0.39 is 10.1 Å². The van der Waals surface area contributed by atoms with Crippen LogP contribution in [-0.4, -0.2) is 8.42 Å². The van der Waals surface area contributed by atoms with Gasteiger partial charge in [-0.05, 0) is 75.6 Å². The van der Waals surface area contributed by atoms with E-state index in [1.165, 1.54) is 5.56 Å². The lowest BCUT2D eigenvalue weighted by molar-refractivity contribution is 0.487. The molecule has 0 saturated carbocycles. The van der Waals surface area contributed by atoms with Crippen molar-refractivity contribution in [3.8, 4) is 16.9 Å². The van der Waals surface area contributed by atoms with Gasteiger partial charge in [-0.2, -0.15) is 8.42 Å². The molecule has 0 unspecified atom stereocenters. The van der Waals surface area contributed by atoms with Gasteiger partial charge in [0.15, 0.2) is 5.75 Å². The molecule has 4 heteroatoms. The van der Waals surface area contributed by atoms with Crippen molar-refractivity contribution in [2.75, 3.05) is 0 Å². The van der Waals surface area contributed by atoms with E-state index >= 15 is 0 Å². The van der Waals surface area contributed by atoms with Crippen LogP contribution in [0, 0.1) is 34.6 Å². The molecule has 0 radical (unpaired) electrons. The van der Waals surface area contributed by atoms with Crippen LogP contribution in [0.5, 0.6) is 5.75 Å². The van der Waals surface area contributed by atoms with Crippen LogP contribution in [0.3, 0.4) is 0 Å². The molecule has 3 rings (SSSR count). The Hall–Kier alpha value is -2.59. The molecule has 0 bridgehead atoms. The third kappa shape index (κ3) is 4.06. The van der Waals surface area contributed by atoms with Crippen LogP contribution in [0.4, 0.5) is 0 Å². The second-order valence-electron chi connectivity index (χ2n) is 7.12. The zero-order chi connectivity index (χ0) is 19.8. The highest BCUT2D eigenvalue weighted by molar-refractivity contribution is 7.87. The van der Waals surface area contributed by atoms with Gasteiger partial charge in [0.2, 0.25) is 0 Å². The Kier molecular flexibility index (Phi) is 5.11. The van der Waals surface area contributed by atoms with Crippen molar-refractivity contribution >= 4 is 10.1 Å². The normalized spacial score (nSPS) is 11.4. The van der Waals surface area contributed by atoms with Gasteiger partial charge in [-0.15, -0.1) is 0 Å². The number of rotatable bonds is 4. The third-order valence-electron chi connectivity index (χ3n) is 4.59. The molecular formula is C23H24O3S. The van der Waals surface area contributed by atoms with Gasteiger partial charge < -0.3 is 4.18 Å². The second kappa shape index (κ2) is 7.20. The number of aryl methyl sites for hydroxylation is 5. The highest BCUT2D eigenvalue weighted by Gasteiger charge is 2.20. The van der Waals surface area contributed by atoms with E-state index in [1.54, 1.807) is 30.3 Å². The van der Waals surface area contributed by atoms with Gasteiger partial charge in [0.25, 0.3) is 0 Å². The molecule has 0 N–H and O–H groups in total. The average Bonchev–Trinajstić information content (AvgIpc) is 2.56. The summed E-state index contributed by atoms with van der Waals surface area (Å²) in [5, 5.41) is 0. The minimum Gasteiger partial charge on any atom is -0.378 e. The summed E-state index contributed by atoms with van der Waals surface area (Å²) in [5.41, 5.74) is 7.21. The van der Waals surface area contributed by atoms with Crippen molar-refractivity contribution in [2.45, 2.75) is 39.5 Å². The van der Waals surface area contributed by atoms with Gasteiger partial charge in [0, 0.05) is 5.56 Å². The van der Waals surface area contributed by atoms with Crippen LogP contribution in [0.25, 0.3) is 11.1 Å². The van der Waals surface area contributed by atoms with Gasteiger partial charge >= 0.3 is 10.1 Å². The van der Waals surface area contributed by atoms with Gasteiger partial charge in [-0.3, -0.25) is 0 Å². The van der Waals surface area contributed by atoms with Crippen molar-refractivity contribution in [3.05, 3.63) is 82.4 Å². The van der Waals surface area contributed by atoms with Crippen LogP contribution in [0.15, 0.2) is 59.5 Å². The van der Waals surface area contributed by atoms with Crippen LogP contribution < -0.4 is 4.18 Å². The van der Waals surface area contributed by atoms with Crippen LogP contribution in [0.1, 0.15) is 27.8 Å². The van der Waals surface area contributed by atoms with Gasteiger partial charge in [-0.25, -0.2) is 0 Å². The van der Waals surface area contributed by atoms with Crippen molar-refractivity contribution in [1.29, 1.82) is 0 Å². The molecule has 0 aliphatic rings. The van der Waals surface area contributed by atoms with Crippen molar-refractivity contribution in [2.24, 2.45) is 0 Å². The van der Waals surface area contributed by atoms with Crippen molar-refractivity contribution in [1.82, 2.24) is 0 Å². The van der Waals surface area contributed by atoms with Crippen LogP contribution in [0.2, 0.25) is 0 Å². The van der Waals surface area contributed by atoms with Crippen LogP contribution >= 0.6 is 0 Å². The molecule has 0 heterocycles. The SMILES string of the molecule is Cc1ccc(S(=O)(=O)Oc2ccc(C)cc2-c2c(C)cc(C)cc2C)cc1. The van der Waals surface area contributed by atoms with Crippen molar-refractivity contribution < 1.29 is 12.6 Å². The van der Waals surface area contributed by atoms with E-state index in [0.29, 0.717) is 5.75 Å². The lowest BCUT2D eigenvalue weighted by Gasteiger charge is -2.17. The fourth-order valence-corrected chi connectivity index (χ4v) is 4.34. The molecule has 140 valence electrons. The van der Waals surface area contributed by atoms with Crippen LogP contribution in [-0.2, 0) is 10.1 Å². The topological polar surface area (TPSA) is 43.4 Å². The summed E-state index contributed by atoms with van der Waals surface area (Å²) in [6.45, 7) is 10.0. The zero-order valence-corrected chi connectivity index (χ0v) is 17.1. The molecule has 0 atom stereocenters. The second-order valence-corrected chi connectivity index (χ2v) is 8.67. The predicted molar refractivity (Wildman–Crippen MR) is 110 cm³/mol. The summed E-state index contributed by atoms with van der Waals surface area (Å²) in [5.74, 6) is 0.344. The maximum atomic E-state index is 12.8. The predicted octanol–water partition coefficient (Wildman–Crippen LogP) is 5.66. The summed E-state index contributed by atoms with van der Waals surface area (Å²) in [4.78, 5) is 0.150. The Balaban J connectivity index is 2.12. The third-order valence-corrected chi connectivity index (χ3v) is 5.84. The van der Waals surface area contributed by atoms with Gasteiger partial charge in [0.1, 0.15) is 4.90 Å². The highest BCUT2D eigenvalue weighted by atomic mass is 32.2. The monoisotopic (exact) mass is 380 g/mol. The maximum Gasteiger partial charge on any atom is 0.339 e. The average molecular weight is 381 g/mol. The number of hydrogen-bond donors (Lipinski definition) is 0. The fraction of sp³-hybridized carbons (Fsp3) is 0.217. The molecule has 0 saturated heterocycles. The molecule has 3 nitrogen and oxygen atoms in total. The maximum absolute atomic E-state index is 12.8. The Morgan fingerprint density at radius 3 is 1.81 bits per heavy atom. The molecule has 3 aromatic carbocycles. The zero-order valence-electron chi connectivity index (χ0n) is 16.3. The molecule has 3 aromatic rings. The summed E-state index contributed by atoms with van der Waals surface area (Å²) < 4.78 is 31.1. The molecular weight excluding hydrogens is 356 g/mol. The van der Waals surface area contributed by atoms with Gasteiger partial charge in [-0.1, -0.05) is 47.0 Å². The number of benzene rings is 3. The summed E-state index contributed by atoms with van der Waals surface area (Å²) >= 11 is 0. The summed E-state index contributed by atoms with van der Waals surface area (Å²) in [6.07, 6.45) is 0. The smallest absolute Gasteiger partial charge is 0.339 e. The minimum absolute atomic E-state index is 0.150. The molecule has 0 spiro atoms. The lowest BCUT2D eigenvalue weighted by Crippen LogP contribution is -2.10. The Bertz CT molecular complexity index is 1070. The lowest BCUT2D eigenvalue weighted by atomic mass is 9.92. The molecule has 0 aliphatic carbocycles. The summed E-state index contributed by atoms with van der Waals surface area (Å²) in [7, 11) is -3.91. The molecule has 27 heavy (non-hydrogen) atoms. The van der Waals surface area contributed by atoms with E-state index in [2.05, 4.69) is 19.1 Å². The summed E-state index contributed by atoms with van der Waals surface area (Å²) in [6, 6.07) is 16.4. The first-order valence-corrected chi connectivity index (χ1v) is 10.3. The van der Waals surface area contributed by atoms with E-state index in [1.807, 2.05) is 39.8 Å².